The van der Waals surface area contributed by atoms with Gasteiger partial charge in [-0.05, 0) is 48.5 Å². The minimum Gasteiger partial charge on any atom is -0.114 e. The largest absolute Gasteiger partial charge is 0.167 e. The molecule has 6 aromatic carbocycles. The van der Waals surface area contributed by atoms with Gasteiger partial charge in [-0.3, -0.25) is 0 Å². The molecule has 43 heavy (non-hydrogen) atoms. The number of thioether (sulfide) groups is 4. The molecule has 0 unspecified atom stereocenters. The van der Waals surface area contributed by atoms with Gasteiger partial charge in [-0.15, -0.1) is 47.0 Å². The van der Waals surface area contributed by atoms with Gasteiger partial charge in [0.2, 0.25) is 0 Å². The van der Waals surface area contributed by atoms with E-state index in [4.69, 9.17) is 0 Å². The van der Waals surface area contributed by atoms with Crippen LogP contribution in [0.2, 0.25) is 0 Å². The third-order valence-electron chi connectivity index (χ3n) is 7.19. The first-order chi connectivity index (χ1) is 21.3. The van der Waals surface area contributed by atoms with Gasteiger partial charge in [0.1, 0.15) is 0 Å². The van der Waals surface area contributed by atoms with Gasteiger partial charge in [0.25, 0.3) is 0 Å². The van der Waals surface area contributed by atoms with Crippen LogP contribution in [0.5, 0.6) is 0 Å². The normalized spacial score (nSPS) is 11.6. The summed E-state index contributed by atoms with van der Waals surface area (Å²) in [5.74, 6) is 0. The Morgan fingerprint density at radius 3 is 0.721 bits per heavy atom. The summed E-state index contributed by atoms with van der Waals surface area (Å²) in [6.45, 7) is 0. The molecule has 0 aliphatic heterocycles. The molecule has 5 heteroatoms. The van der Waals surface area contributed by atoms with Crippen molar-refractivity contribution in [2.75, 3.05) is 0 Å². The maximum absolute atomic E-state index is 2.69. The van der Waals surface area contributed by atoms with Gasteiger partial charge in [-0.25, -0.2) is 0 Å². The zero-order valence-electron chi connectivity index (χ0n) is 23.6. The van der Waals surface area contributed by atoms with Crippen molar-refractivity contribution in [1.29, 1.82) is 0 Å². The highest BCUT2D eigenvalue weighted by Crippen LogP contribution is 2.49. The lowest BCUT2D eigenvalue weighted by Gasteiger charge is -2.44. The van der Waals surface area contributed by atoms with Gasteiger partial charge in [-0.1, -0.05) is 144 Å². The van der Waals surface area contributed by atoms with Crippen molar-refractivity contribution >= 4 is 65.5 Å². The lowest BCUT2D eigenvalue weighted by molar-refractivity contribution is 1.41. The zero-order valence-corrected chi connectivity index (χ0v) is 27.9. The first-order valence-corrected chi connectivity index (χ1v) is 20.0. The molecule has 0 saturated carbocycles. The quantitative estimate of drug-likeness (QED) is 0.0738. The van der Waals surface area contributed by atoms with Crippen LogP contribution in [0.15, 0.2) is 202 Å². The number of hydrogen-bond acceptors (Lipinski definition) is 4. The summed E-state index contributed by atoms with van der Waals surface area (Å²) in [6.07, 6.45) is 0. The average Bonchev–Trinajstić information content (AvgIpc) is 3.08. The van der Waals surface area contributed by atoms with Crippen molar-refractivity contribution in [2.24, 2.45) is 0 Å². The van der Waals surface area contributed by atoms with Gasteiger partial charge < -0.3 is 0 Å². The molecular formula is C38H32S4Si. The van der Waals surface area contributed by atoms with Gasteiger partial charge in [0.15, 0.2) is 8.07 Å². The fourth-order valence-electron chi connectivity index (χ4n) is 5.16. The van der Waals surface area contributed by atoms with Crippen LogP contribution in [0.4, 0.5) is 0 Å². The molecule has 0 amide bonds. The summed E-state index contributed by atoms with van der Waals surface area (Å²) in [5.41, 5.74) is 0. The second kappa shape index (κ2) is 15.1. The van der Waals surface area contributed by atoms with E-state index in [0.29, 0.717) is 0 Å². The molecule has 0 saturated heterocycles. The van der Waals surface area contributed by atoms with Crippen molar-refractivity contribution in [3.63, 3.8) is 0 Å². The monoisotopic (exact) mass is 644 g/mol. The Morgan fingerprint density at radius 2 is 0.488 bits per heavy atom. The van der Waals surface area contributed by atoms with Crippen molar-refractivity contribution in [3.05, 3.63) is 182 Å². The zero-order chi connectivity index (χ0) is 29.2. The fourth-order valence-corrected chi connectivity index (χ4v) is 22.8. The van der Waals surface area contributed by atoms with E-state index in [1.807, 2.05) is 47.0 Å². The van der Waals surface area contributed by atoms with Crippen LogP contribution < -0.4 is 10.4 Å². The van der Waals surface area contributed by atoms with Crippen molar-refractivity contribution < 1.29 is 0 Å². The van der Waals surface area contributed by atoms with Gasteiger partial charge in [0, 0.05) is 19.6 Å². The molecule has 0 aromatic heterocycles. The molecule has 0 fully saturated rings. The Balaban J connectivity index is 1.63. The van der Waals surface area contributed by atoms with Gasteiger partial charge >= 0.3 is 0 Å². The summed E-state index contributed by atoms with van der Waals surface area (Å²) < 4.78 is 0.471. The third kappa shape index (κ3) is 7.36. The predicted molar refractivity (Wildman–Crippen MR) is 195 cm³/mol. The molecule has 0 N–H and O–H groups in total. The maximum atomic E-state index is 2.40. The van der Waals surface area contributed by atoms with Crippen LogP contribution in [0.25, 0.3) is 0 Å². The first-order valence-electron chi connectivity index (χ1n) is 14.3. The second-order valence-corrected chi connectivity index (χ2v) is 21.0. The lowest BCUT2D eigenvalue weighted by atomic mass is 10.4. The fraction of sp³-hybridized carbons (Fsp3) is 0.0526. The van der Waals surface area contributed by atoms with E-state index in [9.17, 15) is 0 Å². The minimum absolute atomic E-state index is 0.236. The molecule has 0 nitrogen and oxygen atoms in total. The van der Waals surface area contributed by atoms with Crippen LogP contribution in [0.3, 0.4) is 0 Å². The van der Waals surface area contributed by atoms with Crippen LogP contribution in [0, 0.1) is 0 Å². The Labute approximate surface area is 273 Å². The molecule has 6 aromatic rings. The van der Waals surface area contributed by atoms with Crippen LogP contribution >= 0.6 is 47.0 Å². The van der Waals surface area contributed by atoms with E-state index in [1.54, 1.807) is 0 Å². The Kier molecular flexibility index (Phi) is 10.5. The van der Waals surface area contributed by atoms with E-state index >= 15 is 0 Å². The molecule has 0 bridgehead atoms. The van der Waals surface area contributed by atoms with Crippen molar-refractivity contribution in [3.8, 4) is 0 Å². The highest BCUT2D eigenvalue weighted by atomic mass is 32.2. The topological polar surface area (TPSA) is 0 Å². The number of benzene rings is 6. The number of rotatable bonds is 12. The Bertz CT molecular complexity index is 1440. The SMILES string of the molecule is c1ccc(SC(Sc2ccccc2)[Si](c2ccccc2)(c2ccccc2)C(Sc2ccccc2)Sc2ccccc2)cc1. The third-order valence-corrected chi connectivity index (χ3v) is 21.3. The molecule has 0 spiro atoms. The molecular weight excluding hydrogens is 613 g/mol. The second-order valence-electron chi connectivity index (χ2n) is 9.99. The average molecular weight is 645 g/mol. The standard InChI is InChI=1S/C38H32S4Si/c1-7-19-31(20-8-1)39-37(40-32-21-9-2-10-22-32)43(35-27-15-5-16-28-35,36-29-17-6-18-30-36)38(41-33-23-11-3-12-24-33)42-34-25-13-4-14-26-34/h1-30,37-38H. The minimum atomic E-state index is -2.69. The molecule has 6 rings (SSSR count). The smallest absolute Gasteiger partial charge is 0.114 e. The van der Waals surface area contributed by atoms with Crippen LogP contribution in [-0.4, -0.2) is 16.5 Å². The molecule has 0 radical (unpaired) electrons. The van der Waals surface area contributed by atoms with E-state index < -0.39 is 8.07 Å². The molecule has 0 atom stereocenters. The summed E-state index contributed by atoms with van der Waals surface area (Å²) in [5, 5.41) is 2.91. The highest BCUT2D eigenvalue weighted by Gasteiger charge is 2.53. The lowest BCUT2D eigenvalue weighted by Crippen LogP contribution is -2.70. The summed E-state index contributed by atoms with van der Waals surface area (Å²) in [6, 6.07) is 66.7. The maximum Gasteiger partial charge on any atom is 0.167 e. The van der Waals surface area contributed by atoms with E-state index in [-0.39, 0.29) is 8.41 Å². The van der Waals surface area contributed by atoms with Gasteiger partial charge in [0.05, 0.1) is 8.41 Å². The summed E-state index contributed by atoms with van der Waals surface area (Å²) in [7, 11) is -2.69. The van der Waals surface area contributed by atoms with Gasteiger partial charge in [-0.2, -0.15) is 0 Å². The van der Waals surface area contributed by atoms with E-state index in [1.165, 1.54) is 30.0 Å². The molecule has 0 aliphatic rings. The Hall–Kier alpha value is -3.06. The van der Waals surface area contributed by atoms with Crippen LogP contribution in [-0.2, 0) is 0 Å². The summed E-state index contributed by atoms with van der Waals surface area (Å²) >= 11 is 8.11. The van der Waals surface area contributed by atoms with E-state index in [0.717, 1.165) is 0 Å². The first kappa shape index (κ1) is 30.0. The van der Waals surface area contributed by atoms with Crippen LogP contribution in [0.1, 0.15) is 0 Å². The number of hydrogen-bond donors (Lipinski definition) is 0. The molecule has 0 heterocycles. The van der Waals surface area contributed by atoms with Crippen molar-refractivity contribution in [1.82, 2.24) is 0 Å². The van der Waals surface area contributed by atoms with Crippen molar-refractivity contribution in [2.45, 2.75) is 28.0 Å². The molecule has 212 valence electrons. The Morgan fingerprint density at radius 1 is 0.279 bits per heavy atom. The summed E-state index contributed by atoms with van der Waals surface area (Å²) in [4.78, 5) is 5.20. The highest BCUT2D eigenvalue weighted by molar-refractivity contribution is 8.23. The molecule has 0 aliphatic carbocycles. The predicted octanol–water partition coefficient (Wildman–Crippen LogP) is 10.1. The van der Waals surface area contributed by atoms with E-state index in [2.05, 4.69) is 182 Å².